The molecule has 0 unspecified atom stereocenters. The predicted octanol–water partition coefficient (Wildman–Crippen LogP) is 0.967. The van der Waals surface area contributed by atoms with Crippen molar-refractivity contribution in [3.8, 4) is 6.07 Å². The summed E-state index contributed by atoms with van der Waals surface area (Å²) in [6.07, 6.45) is 1.69. The van der Waals surface area contributed by atoms with E-state index in [2.05, 4.69) is 6.07 Å². The van der Waals surface area contributed by atoms with E-state index >= 15 is 0 Å². The van der Waals surface area contributed by atoms with Gasteiger partial charge in [-0.2, -0.15) is 5.26 Å². The fourth-order valence-corrected chi connectivity index (χ4v) is 0.977. The van der Waals surface area contributed by atoms with Gasteiger partial charge in [-0.15, -0.1) is 0 Å². The first kappa shape index (κ1) is 5.58. The Morgan fingerprint density at radius 3 is 2.62 bits per heavy atom. The Labute approximate surface area is 48.7 Å². The normalized spacial score (nSPS) is 35.5. The Morgan fingerprint density at radius 1 is 1.62 bits per heavy atom. The van der Waals surface area contributed by atoms with E-state index < -0.39 is 0 Å². The zero-order chi connectivity index (χ0) is 5.98. The summed E-state index contributed by atoms with van der Waals surface area (Å²) < 4.78 is 0. The van der Waals surface area contributed by atoms with E-state index in [1.807, 2.05) is 0 Å². The summed E-state index contributed by atoms with van der Waals surface area (Å²) in [5.74, 6) is 0.522. The molecule has 1 fully saturated rings. The number of hydrogen-bond donors (Lipinski definition) is 0. The molecule has 1 rings (SSSR count). The summed E-state index contributed by atoms with van der Waals surface area (Å²) in [4.78, 5) is 0. The van der Waals surface area contributed by atoms with E-state index in [0.29, 0.717) is 5.92 Å². The standard InChI is InChI=1S/C6H8NO/c7-3-5-1-6(2-5)4-8/h5-6H,1-2,4H2. The number of hydrogen-bond acceptors (Lipinski definition) is 1. The molecule has 0 aromatic heterocycles. The third-order valence-corrected chi connectivity index (χ3v) is 1.65. The molecule has 0 heterocycles. The predicted molar refractivity (Wildman–Crippen MR) is 27.4 cm³/mol. The van der Waals surface area contributed by atoms with Gasteiger partial charge in [0.1, 0.15) is 0 Å². The van der Waals surface area contributed by atoms with Gasteiger partial charge in [0.2, 0.25) is 0 Å². The van der Waals surface area contributed by atoms with Crippen LogP contribution in [0.3, 0.4) is 0 Å². The maximum Gasteiger partial charge on any atom is 0.0851 e. The van der Waals surface area contributed by atoms with E-state index in [9.17, 15) is 5.11 Å². The van der Waals surface area contributed by atoms with Gasteiger partial charge in [-0.3, -0.25) is 0 Å². The smallest absolute Gasteiger partial charge is 0.0851 e. The minimum atomic E-state index is 0.0121. The van der Waals surface area contributed by atoms with E-state index in [-0.39, 0.29) is 12.5 Å². The second-order valence-electron chi connectivity index (χ2n) is 2.33. The molecular formula is C6H8NO. The van der Waals surface area contributed by atoms with Gasteiger partial charge in [0, 0.05) is 5.92 Å². The lowest BCUT2D eigenvalue weighted by Crippen LogP contribution is -2.24. The lowest BCUT2D eigenvalue weighted by atomic mass is 9.76. The van der Waals surface area contributed by atoms with Crippen LogP contribution in [-0.4, -0.2) is 6.61 Å². The van der Waals surface area contributed by atoms with E-state index in [1.54, 1.807) is 0 Å². The van der Waals surface area contributed by atoms with Crippen LogP contribution in [0, 0.1) is 23.2 Å². The van der Waals surface area contributed by atoms with Gasteiger partial charge >= 0.3 is 0 Å². The second kappa shape index (κ2) is 2.15. The maximum atomic E-state index is 10.1. The summed E-state index contributed by atoms with van der Waals surface area (Å²) in [5, 5.41) is 18.3. The molecule has 0 aromatic rings. The number of nitriles is 1. The van der Waals surface area contributed by atoms with Crippen LogP contribution in [0.2, 0.25) is 0 Å². The Kier molecular flexibility index (Phi) is 1.50. The van der Waals surface area contributed by atoms with Gasteiger partial charge in [-0.1, -0.05) is 0 Å². The zero-order valence-electron chi connectivity index (χ0n) is 4.63. The molecule has 0 spiro atoms. The second-order valence-corrected chi connectivity index (χ2v) is 2.33. The summed E-state index contributed by atoms with van der Waals surface area (Å²) in [5.41, 5.74) is 0. The van der Waals surface area contributed by atoms with Crippen LogP contribution in [0.5, 0.6) is 0 Å². The van der Waals surface area contributed by atoms with Crippen LogP contribution >= 0.6 is 0 Å². The molecule has 0 atom stereocenters. The summed E-state index contributed by atoms with van der Waals surface area (Å²) in [6.45, 7) is 0.0121. The highest BCUT2D eigenvalue weighted by Gasteiger charge is 2.28. The molecule has 1 radical (unpaired) electrons. The third kappa shape index (κ3) is 0.823. The Balaban J connectivity index is 2.14. The highest BCUT2D eigenvalue weighted by molar-refractivity contribution is 4.93. The molecular weight excluding hydrogens is 102 g/mol. The molecule has 0 amide bonds. The van der Waals surface area contributed by atoms with Crippen molar-refractivity contribution in [2.45, 2.75) is 12.8 Å². The van der Waals surface area contributed by atoms with Gasteiger partial charge in [0.05, 0.1) is 12.7 Å². The molecule has 8 heavy (non-hydrogen) atoms. The maximum absolute atomic E-state index is 10.1. The van der Waals surface area contributed by atoms with Crippen molar-refractivity contribution in [3.05, 3.63) is 0 Å². The van der Waals surface area contributed by atoms with Crippen molar-refractivity contribution in [2.75, 3.05) is 6.61 Å². The van der Waals surface area contributed by atoms with Gasteiger partial charge in [0.25, 0.3) is 0 Å². The number of nitrogens with zero attached hydrogens (tertiary/aromatic N) is 1. The minimum Gasteiger partial charge on any atom is -0.236 e. The van der Waals surface area contributed by atoms with E-state index in [4.69, 9.17) is 5.26 Å². The fraction of sp³-hybridized carbons (Fsp3) is 0.833. The SMILES string of the molecule is N#CC1CC(C[O])C1. The summed E-state index contributed by atoms with van der Waals surface area (Å²) in [6, 6.07) is 2.13. The van der Waals surface area contributed by atoms with Crippen molar-refractivity contribution in [1.29, 1.82) is 5.26 Å². The molecule has 1 aliphatic carbocycles. The van der Waals surface area contributed by atoms with Gasteiger partial charge in [-0.25, -0.2) is 5.11 Å². The first-order valence-corrected chi connectivity index (χ1v) is 2.84. The van der Waals surface area contributed by atoms with Crippen LogP contribution in [0.4, 0.5) is 0 Å². The van der Waals surface area contributed by atoms with Crippen LogP contribution in [-0.2, 0) is 5.11 Å². The van der Waals surface area contributed by atoms with Crippen LogP contribution in [0.25, 0.3) is 0 Å². The minimum absolute atomic E-state index is 0.0121. The van der Waals surface area contributed by atoms with Crippen LogP contribution in [0.1, 0.15) is 12.8 Å². The summed E-state index contributed by atoms with van der Waals surface area (Å²) >= 11 is 0. The monoisotopic (exact) mass is 110 g/mol. The average molecular weight is 110 g/mol. The first-order chi connectivity index (χ1) is 3.86. The van der Waals surface area contributed by atoms with E-state index in [1.165, 1.54) is 0 Å². The average Bonchev–Trinajstić information content (AvgIpc) is 1.65. The molecule has 0 aromatic carbocycles. The topological polar surface area (TPSA) is 43.7 Å². The van der Waals surface area contributed by atoms with Crippen molar-refractivity contribution in [2.24, 2.45) is 11.8 Å². The van der Waals surface area contributed by atoms with Crippen LogP contribution < -0.4 is 0 Å². The molecule has 43 valence electrons. The lowest BCUT2D eigenvalue weighted by Gasteiger charge is -2.27. The first-order valence-electron chi connectivity index (χ1n) is 2.84. The molecule has 2 heteroatoms. The number of rotatable bonds is 1. The lowest BCUT2D eigenvalue weighted by molar-refractivity contribution is 0.0818. The van der Waals surface area contributed by atoms with Crippen molar-refractivity contribution in [3.63, 3.8) is 0 Å². The molecule has 0 bridgehead atoms. The highest BCUT2D eigenvalue weighted by Crippen LogP contribution is 2.32. The summed E-state index contributed by atoms with van der Waals surface area (Å²) in [7, 11) is 0. The van der Waals surface area contributed by atoms with Gasteiger partial charge in [-0.05, 0) is 18.8 Å². The quantitative estimate of drug-likeness (QED) is 0.496. The molecule has 1 saturated carbocycles. The van der Waals surface area contributed by atoms with Crippen molar-refractivity contribution >= 4 is 0 Å². The molecule has 0 saturated heterocycles. The third-order valence-electron chi connectivity index (χ3n) is 1.65. The van der Waals surface area contributed by atoms with Crippen molar-refractivity contribution < 1.29 is 5.11 Å². The molecule has 0 N–H and O–H groups in total. The largest absolute Gasteiger partial charge is 0.236 e. The van der Waals surface area contributed by atoms with E-state index in [0.717, 1.165) is 12.8 Å². The fourth-order valence-electron chi connectivity index (χ4n) is 0.977. The van der Waals surface area contributed by atoms with Crippen molar-refractivity contribution in [1.82, 2.24) is 0 Å². The molecule has 1 aliphatic rings. The Morgan fingerprint density at radius 2 is 2.25 bits per heavy atom. The zero-order valence-corrected chi connectivity index (χ0v) is 4.63. The van der Waals surface area contributed by atoms with Gasteiger partial charge < -0.3 is 0 Å². The Bertz CT molecular complexity index is 110. The highest BCUT2D eigenvalue weighted by atomic mass is 16.3. The molecule has 0 aliphatic heterocycles. The molecule has 2 nitrogen and oxygen atoms in total. The Hall–Kier alpha value is -0.550. The van der Waals surface area contributed by atoms with Gasteiger partial charge in [0.15, 0.2) is 0 Å². The van der Waals surface area contributed by atoms with Crippen LogP contribution in [0.15, 0.2) is 0 Å².